The molecule has 0 radical (unpaired) electrons. The summed E-state index contributed by atoms with van der Waals surface area (Å²) in [5, 5.41) is 0.597. The first-order chi connectivity index (χ1) is 15.2. The lowest BCUT2D eigenvalue weighted by Gasteiger charge is -2.29. The van der Waals surface area contributed by atoms with Gasteiger partial charge in [0.05, 0.1) is 36.9 Å². The Labute approximate surface area is 180 Å². The molecule has 1 fully saturated rings. The van der Waals surface area contributed by atoms with Crippen molar-refractivity contribution in [3.63, 3.8) is 0 Å². The zero-order valence-electron chi connectivity index (χ0n) is 17.3. The Balaban J connectivity index is 1.73. The number of anilines is 1. The third kappa shape index (κ3) is 3.66. The Kier molecular flexibility index (Phi) is 5.14. The zero-order chi connectivity index (χ0) is 21.2. The van der Waals surface area contributed by atoms with Crippen LogP contribution in [0.25, 0.3) is 28.0 Å². The van der Waals surface area contributed by atoms with Gasteiger partial charge in [-0.15, -0.1) is 0 Å². The monoisotopic (exact) mass is 413 g/mol. The van der Waals surface area contributed by atoms with E-state index in [9.17, 15) is 4.79 Å². The van der Waals surface area contributed by atoms with E-state index in [0.29, 0.717) is 29.9 Å². The lowest BCUT2D eigenvalue weighted by molar-refractivity contribution is 0.122. The number of fused-ring (bicyclic) bond motifs is 1. The molecule has 0 aliphatic carbocycles. The topological polar surface area (TPSA) is 56.6 Å². The Morgan fingerprint density at radius 3 is 2.32 bits per heavy atom. The van der Waals surface area contributed by atoms with Crippen molar-refractivity contribution in [3.05, 3.63) is 83.2 Å². The number of rotatable bonds is 4. The minimum absolute atomic E-state index is 0.0934. The third-order valence-corrected chi connectivity index (χ3v) is 5.59. The molecule has 156 valence electrons. The first-order valence-corrected chi connectivity index (χ1v) is 10.3. The average Bonchev–Trinajstić information content (AvgIpc) is 2.85. The van der Waals surface area contributed by atoms with Gasteiger partial charge in [-0.1, -0.05) is 30.3 Å². The van der Waals surface area contributed by atoms with Gasteiger partial charge < -0.3 is 14.4 Å². The molecule has 1 saturated heterocycles. The summed E-state index contributed by atoms with van der Waals surface area (Å²) in [6.07, 6.45) is 0. The van der Waals surface area contributed by atoms with Crippen LogP contribution in [0.5, 0.6) is 5.75 Å². The molecule has 6 heteroatoms. The van der Waals surface area contributed by atoms with Crippen LogP contribution >= 0.6 is 0 Å². The van der Waals surface area contributed by atoms with Crippen LogP contribution in [0.4, 0.5) is 5.69 Å². The molecule has 0 bridgehead atoms. The second-order valence-corrected chi connectivity index (χ2v) is 7.44. The summed E-state index contributed by atoms with van der Waals surface area (Å²) >= 11 is 0. The molecule has 0 unspecified atom stereocenters. The normalized spacial score (nSPS) is 14.0. The van der Waals surface area contributed by atoms with Crippen LogP contribution in [0.3, 0.4) is 0 Å². The summed E-state index contributed by atoms with van der Waals surface area (Å²) in [5.41, 5.74) is 3.24. The van der Waals surface area contributed by atoms with Crippen molar-refractivity contribution in [1.29, 1.82) is 0 Å². The van der Waals surface area contributed by atoms with E-state index in [1.54, 1.807) is 11.7 Å². The van der Waals surface area contributed by atoms with Gasteiger partial charge in [-0.05, 0) is 42.5 Å². The van der Waals surface area contributed by atoms with Crippen molar-refractivity contribution in [3.8, 4) is 22.8 Å². The van der Waals surface area contributed by atoms with Gasteiger partial charge in [-0.2, -0.15) is 0 Å². The number of nitrogens with zero attached hydrogens (tertiary/aromatic N) is 3. The second kappa shape index (κ2) is 8.24. The summed E-state index contributed by atoms with van der Waals surface area (Å²) in [6, 6.07) is 23.2. The minimum atomic E-state index is -0.0934. The van der Waals surface area contributed by atoms with Crippen molar-refractivity contribution in [2.75, 3.05) is 38.3 Å². The molecule has 0 atom stereocenters. The molecular formula is C25H23N3O3. The maximum absolute atomic E-state index is 13.8. The Bertz CT molecular complexity index is 1260. The molecule has 1 aliphatic heterocycles. The van der Waals surface area contributed by atoms with Crippen molar-refractivity contribution in [2.24, 2.45) is 0 Å². The number of hydrogen-bond acceptors (Lipinski definition) is 5. The highest BCUT2D eigenvalue weighted by Gasteiger charge is 2.17. The van der Waals surface area contributed by atoms with E-state index in [1.165, 1.54) is 0 Å². The van der Waals surface area contributed by atoms with Crippen LogP contribution in [0, 0.1) is 0 Å². The summed E-state index contributed by atoms with van der Waals surface area (Å²) < 4.78 is 12.4. The quantitative estimate of drug-likeness (QED) is 0.508. The summed E-state index contributed by atoms with van der Waals surface area (Å²) in [7, 11) is 1.63. The van der Waals surface area contributed by atoms with Gasteiger partial charge in [0.1, 0.15) is 11.6 Å². The predicted molar refractivity (Wildman–Crippen MR) is 122 cm³/mol. The number of ether oxygens (including phenoxy) is 2. The number of aromatic nitrogens is 2. The SMILES string of the molecule is COc1ccc(-n2c(-c3ccccc3)nc3ccc(N4CCOCC4)cc3c2=O)cc1. The average molecular weight is 413 g/mol. The van der Waals surface area contributed by atoms with E-state index in [-0.39, 0.29) is 5.56 Å². The highest BCUT2D eigenvalue weighted by Crippen LogP contribution is 2.26. The third-order valence-electron chi connectivity index (χ3n) is 5.59. The minimum Gasteiger partial charge on any atom is -0.497 e. The van der Waals surface area contributed by atoms with Gasteiger partial charge in [-0.25, -0.2) is 4.98 Å². The Hall–Kier alpha value is -3.64. The summed E-state index contributed by atoms with van der Waals surface area (Å²) in [5.74, 6) is 1.35. The fourth-order valence-corrected chi connectivity index (χ4v) is 3.94. The molecule has 3 aromatic carbocycles. The van der Waals surface area contributed by atoms with Gasteiger partial charge in [0.25, 0.3) is 5.56 Å². The lowest BCUT2D eigenvalue weighted by atomic mass is 10.1. The Morgan fingerprint density at radius 1 is 0.903 bits per heavy atom. The molecule has 1 aliphatic rings. The Morgan fingerprint density at radius 2 is 1.61 bits per heavy atom. The van der Waals surface area contributed by atoms with Gasteiger partial charge in [0.2, 0.25) is 0 Å². The van der Waals surface area contributed by atoms with E-state index in [2.05, 4.69) is 4.90 Å². The van der Waals surface area contributed by atoms with E-state index >= 15 is 0 Å². The maximum Gasteiger partial charge on any atom is 0.266 e. The molecule has 4 aromatic rings. The zero-order valence-corrected chi connectivity index (χ0v) is 17.3. The summed E-state index contributed by atoms with van der Waals surface area (Å²) in [6.45, 7) is 3.01. The molecule has 0 N–H and O–H groups in total. The highest BCUT2D eigenvalue weighted by molar-refractivity contribution is 5.84. The van der Waals surface area contributed by atoms with E-state index in [4.69, 9.17) is 14.5 Å². The largest absolute Gasteiger partial charge is 0.497 e. The van der Waals surface area contributed by atoms with Gasteiger partial charge >= 0.3 is 0 Å². The van der Waals surface area contributed by atoms with Crippen molar-refractivity contribution in [1.82, 2.24) is 9.55 Å². The van der Waals surface area contributed by atoms with Crippen molar-refractivity contribution in [2.45, 2.75) is 0 Å². The number of morpholine rings is 1. The van der Waals surface area contributed by atoms with Crippen LogP contribution in [0.15, 0.2) is 77.6 Å². The molecule has 0 saturated carbocycles. The highest BCUT2D eigenvalue weighted by atomic mass is 16.5. The predicted octanol–water partition coefficient (Wildman–Crippen LogP) is 3.90. The molecule has 0 spiro atoms. The number of benzene rings is 3. The number of hydrogen-bond donors (Lipinski definition) is 0. The first-order valence-electron chi connectivity index (χ1n) is 10.3. The fraction of sp³-hybridized carbons (Fsp3) is 0.200. The van der Waals surface area contributed by atoms with Crippen LogP contribution in [0.1, 0.15) is 0 Å². The van der Waals surface area contributed by atoms with E-state index < -0.39 is 0 Å². The van der Waals surface area contributed by atoms with E-state index in [0.717, 1.165) is 35.8 Å². The van der Waals surface area contributed by atoms with E-state index in [1.807, 2.05) is 72.8 Å². The van der Waals surface area contributed by atoms with Crippen molar-refractivity contribution >= 4 is 16.6 Å². The standard InChI is InChI=1S/C25H23N3O3/c1-30-21-10-7-19(8-11-21)28-24(18-5-3-2-4-6-18)26-23-12-9-20(17-22(23)25(28)29)27-13-15-31-16-14-27/h2-12,17H,13-16H2,1H3. The van der Waals surface area contributed by atoms with Crippen molar-refractivity contribution < 1.29 is 9.47 Å². The molecular weight excluding hydrogens is 390 g/mol. The lowest BCUT2D eigenvalue weighted by Crippen LogP contribution is -2.36. The van der Waals surface area contributed by atoms with Crippen LogP contribution in [-0.4, -0.2) is 43.0 Å². The van der Waals surface area contributed by atoms with Gasteiger partial charge in [0, 0.05) is 24.3 Å². The van der Waals surface area contributed by atoms with Crippen LogP contribution in [0.2, 0.25) is 0 Å². The second-order valence-electron chi connectivity index (χ2n) is 7.44. The van der Waals surface area contributed by atoms with Gasteiger partial charge in [-0.3, -0.25) is 9.36 Å². The molecule has 5 rings (SSSR count). The first kappa shape index (κ1) is 19.3. The van der Waals surface area contributed by atoms with Crippen LogP contribution < -0.4 is 15.2 Å². The molecule has 1 aromatic heterocycles. The molecule has 2 heterocycles. The van der Waals surface area contributed by atoms with Gasteiger partial charge in [0.15, 0.2) is 0 Å². The fourth-order valence-electron chi connectivity index (χ4n) is 3.94. The maximum atomic E-state index is 13.8. The smallest absolute Gasteiger partial charge is 0.266 e. The molecule has 31 heavy (non-hydrogen) atoms. The molecule has 6 nitrogen and oxygen atoms in total. The van der Waals surface area contributed by atoms with Crippen LogP contribution in [-0.2, 0) is 4.74 Å². The summed E-state index contributed by atoms with van der Waals surface area (Å²) in [4.78, 5) is 20.9. The molecule has 0 amide bonds. The number of methoxy groups -OCH3 is 1.